The highest BCUT2D eigenvalue weighted by atomic mass is 35.7. The molecule has 0 saturated heterocycles. The molecule has 2 aromatic carbocycles. The lowest BCUT2D eigenvalue weighted by molar-refractivity contribution is 0.242. The summed E-state index contributed by atoms with van der Waals surface area (Å²) in [6.45, 7) is 8.65. The highest BCUT2D eigenvalue weighted by Gasteiger charge is 2.26. The van der Waals surface area contributed by atoms with Crippen molar-refractivity contribution in [1.82, 2.24) is 39.4 Å². The summed E-state index contributed by atoms with van der Waals surface area (Å²) in [4.78, 5) is 23.2. The first-order valence-electron chi connectivity index (χ1n) is 18.5. The highest BCUT2D eigenvalue weighted by Crippen LogP contribution is 2.30. The second-order valence-electron chi connectivity index (χ2n) is 14.2. The van der Waals surface area contributed by atoms with Crippen molar-refractivity contribution < 1.29 is 16.8 Å². The average Bonchev–Trinajstić information content (AvgIpc) is 3.18. The molecule has 1 N–H and O–H groups in total. The van der Waals surface area contributed by atoms with Gasteiger partial charge in [-0.1, -0.05) is 80.2 Å². The van der Waals surface area contributed by atoms with E-state index in [2.05, 4.69) is 106 Å². The normalized spacial score (nSPS) is 17.6. The van der Waals surface area contributed by atoms with E-state index in [-0.39, 0.29) is 7.43 Å². The molecule has 0 radical (unpaired) electrons. The molecule has 0 unspecified atom stereocenters. The summed E-state index contributed by atoms with van der Waals surface area (Å²) in [6.07, 6.45) is 13.5. The first-order chi connectivity index (χ1) is 26.4. The molecule has 0 bridgehead atoms. The van der Waals surface area contributed by atoms with Gasteiger partial charge in [0.15, 0.2) is 0 Å². The fraction of sp³-hybridized carbons (Fsp3) is 0.415. The van der Waals surface area contributed by atoms with Crippen molar-refractivity contribution in [2.75, 3.05) is 51.8 Å². The van der Waals surface area contributed by atoms with E-state index in [1.807, 2.05) is 12.1 Å². The summed E-state index contributed by atoms with van der Waals surface area (Å²) < 4.78 is 43.8. The van der Waals surface area contributed by atoms with Crippen LogP contribution in [0.25, 0.3) is 11.1 Å². The molecule has 12 nitrogen and oxygen atoms in total. The Morgan fingerprint density at radius 3 is 1.55 bits per heavy atom. The summed E-state index contributed by atoms with van der Waals surface area (Å²) in [5, 5.41) is 3.38. The molecule has 2 aromatic heterocycles. The van der Waals surface area contributed by atoms with Crippen LogP contribution in [-0.2, 0) is 58.1 Å². The van der Waals surface area contributed by atoms with Gasteiger partial charge in [-0.15, -0.1) is 0 Å². The lowest BCUT2D eigenvalue weighted by Crippen LogP contribution is -2.34. The second-order valence-corrected chi connectivity index (χ2v) is 19.2. The van der Waals surface area contributed by atoms with E-state index in [0.29, 0.717) is 19.5 Å². The molecule has 0 spiro atoms. The number of benzene rings is 2. The number of nitrogens with one attached hydrogen (secondary N) is 1. The standard InChI is InChI=1S/C20H24N4O2S.C19H22N4.CH3ClO2S.CH4/c1-27(25,26)24-11-7-17(8-12-24)20-18-14-23(10-9-19(18)21-15-22-20)13-16-5-3-2-4-6-16;1-2-4-15(5-3-1)12-23-11-8-18-17(13-23)19(22-14-21-18)16-6-9-20-10-7-16;1-5(2,3)4;/h2-7,15H,8-14H2,1H3;1-6,14,20H,7-13H2;1H3;1H4. The van der Waals surface area contributed by atoms with E-state index < -0.39 is 19.1 Å². The summed E-state index contributed by atoms with van der Waals surface area (Å²) in [5.74, 6) is 0. The minimum atomic E-state index is -3.19. The Labute approximate surface area is 337 Å². The number of halogens is 1. The number of nitrogens with zero attached hydrogens (tertiary/aromatic N) is 7. The molecule has 6 heterocycles. The molecular weight excluding hydrogens is 768 g/mol. The minimum Gasteiger partial charge on any atom is -0.313 e. The maximum absolute atomic E-state index is 11.7. The largest absolute Gasteiger partial charge is 0.313 e. The summed E-state index contributed by atoms with van der Waals surface area (Å²) >= 11 is 0. The number of hydrogen-bond acceptors (Lipinski definition) is 11. The van der Waals surface area contributed by atoms with E-state index in [0.717, 1.165) is 94.8 Å². The van der Waals surface area contributed by atoms with Crippen LogP contribution in [0.15, 0.2) is 85.5 Å². The summed E-state index contributed by atoms with van der Waals surface area (Å²) in [7, 11) is -1.84. The molecule has 8 rings (SSSR count). The van der Waals surface area contributed by atoms with Crippen LogP contribution in [-0.4, -0.2) is 103 Å². The number of fused-ring (bicyclic) bond motifs is 2. The average molecular weight is 822 g/mol. The van der Waals surface area contributed by atoms with Crippen molar-refractivity contribution in [2.45, 2.75) is 59.3 Å². The van der Waals surface area contributed by atoms with Crippen LogP contribution in [0.5, 0.6) is 0 Å². The third kappa shape index (κ3) is 12.6. The van der Waals surface area contributed by atoms with Crippen LogP contribution in [0.3, 0.4) is 0 Å². The summed E-state index contributed by atoms with van der Waals surface area (Å²) in [6, 6.07) is 21.2. The number of hydrogen-bond donors (Lipinski definition) is 1. The Bertz CT molecular complexity index is 2200. The quantitative estimate of drug-likeness (QED) is 0.243. The lowest BCUT2D eigenvalue weighted by atomic mass is 9.96. The maximum atomic E-state index is 11.7. The van der Waals surface area contributed by atoms with E-state index >= 15 is 0 Å². The Kier molecular flexibility index (Phi) is 15.4. The third-order valence-electron chi connectivity index (χ3n) is 9.97. The van der Waals surface area contributed by atoms with Gasteiger partial charge in [-0.2, -0.15) is 4.31 Å². The Morgan fingerprint density at radius 1 is 0.661 bits per heavy atom. The van der Waals surface area contributed by atoms with Gasteiger partial charge in [0.2, 0.25) is 19.1 Å². The van der Waals surface area contributed by atoms with Gasteiger partial charge < -0.3 is 5.32 Å². The van der Waals surface area contributed by atoms with Crippen LogP contribution < -0.4 is 5.32 Å². The lowest BCUT2D eigenvalue weighted by Gasteiger charge is -2.30. The van der Waals surface area contributed by atoms with Gasteiger partial charge >= 0.3 is 0 Å². The molecule has 56 heavy (non-hydrogen) atoms. The second kappa shape index (κ2) is 20.0. The zero-order valence-electron chi connectivity index (χ0n) is 31.4. The topological polar surface area (TPSA) is 142 Å². The molecule has 0 saturated carbocycles. The van der Waals surface area contributed by atoms with Crippen molar-refractivity contribution in [3.05, 3.63) is 130 Å². The molecule has 0 amide bonds. The smallest absolute Gasteiger partial charge is 0.229 e. The summed E-state index contributed by atoms with van der Waals surface area (Å²) in [5.41, 5.74) is 12.2. The predicted molar refractivity (Wildman–Crippen MR) is 224 cm³/mol. The molecule has 300 valence electrons. The molecule has 4 aromatic rings. The Balaban J connectivity index is 0.000000190. The number of aromatic nitrogens is 4. The highest BCUT2D eigenvalue weighted by molar-refractivity contribution is 8.13. The third-order valence-corrected chi connectivity index (χ3v) is 11.2. The van der Waals surface area contributed by atoms with Crippen LogP contribution in [0.2, 0.25) is 0 Å². The van der Waals surface area contributed by atoms with Crippen LogP contribution in [0.4, 0.5) is 0 Å². The number of sulfonamides is 1. The van der Waals surface area contributed by atoms with Crippen molar-refractivity contribution in [2.24, 2.45) is 0 Å². The van der Waals surface area contributed by atoms with Crippen molar-refractivity contribution >= 4 is 40.9 Å². The predicted octanol–water partition coefficient (Wildman–Crippen LogP) is 5.32. The van der Waals surface area contributed by atoms with E-state index in [1.165, 1.54) is 49.8 Å². The Hall–Kier alpha value is -3.89. The van der Waals surface area contributed by atoms with Crippen molar-refractivity contribution in [1.29, 1.82) is 0 Å². The van der Waals surface area contributed by atoms with Gasteiger partial charge in [0.1, 0.15) is 12.7 Å². The van der Waals surface area contributed by atoms with Gasteiger partial charge in [-0.05, 0) is 41.7 Å². The van der Waals surface area contributed by atoms with Crippen molar-refractivity contribution in [3.63, 3.8) is 0 Å². The first kappa shape index (κ1) is 43.2. The molecule has 0 aliphatic carbocycles. The molecule has 0 fully saturated rings. The SMILES string of the molecule is C.C1=C(c2ncnc3c2CN(Cc2ccccc2)CC3)CCNC1.CS(=O)(=O)Cl.CS(=O)(=O)N1CC=C(c2ncnc3c2CN(Cc2ccccc2)CC3)CC1. The van der Waals surface area contributed by atoms with Crippen LogP contribution in [0.1, 0.15) is 65.3 Å². The van der Waals surface area contributed by atoms with Gasteiger partial charge in [-0.3, -0.25) is 9.80 Å². The maximum Gasteiger partial charge on any atom is 0.229 e. The first-order valence-corrected chi connectivity index (χ1v) is 23.1. The fourth-order valence-corrected chi connectivity index (χ4v) is 8.07. The molecule has 4 aliphatic heterocycles. The molecule has 15 heteroatoms. The molecular formula is C41H53ClN8O4S2. The van der Waals surface area contributed by atoms with Gasteiger partial charge in [0.05, 0.1) is 35.3 Å². The van der Waals surface area contributed by atoms with E-state index in [9.17, 15) is 16.8 Å². The zero-order chi connectivity index (χ0) is 38.8. The number of rotatable bonds is 7. The monoisotopic (exact) mass is 820 g/mol. The minimum absolute atomic E-state index is 0. The van der Waals surface area contributed by atoms with Crippen LogP contribution in [0, 0.1) is 0 Å². The van der Waals surface area contributed by atoms with Crippen molar-refractivity contribution in [3.8, 4) is 0 Å². The van der Waals surface area contributed by atoms with Gasteiger partial charge in [-0.25, -0.2) is 36.8 Å². The zero-order valence-corrected chi connectivity index (χ0v) is 33.8. The Morgan fingerprint density at radius 2 is 1.14 bits per heavy atom. The molecule has 4 aliphatic rings. The fourth-order valence-electron chi connectivity index (χ4n) is 7.31. The molecule has 0 atom stereocenters. The van der Waals surface area contributed by atoms with Gasteiger partial charge in [0.25, 0.3) is 0 Å². The van der Waals surface area contributed by atoms with E-state index in [1.54, 1.807) is 12.7 Å². The van der Waals surface area contributed by atoms with E-state index in [4.69, 9.17) is 0 Å². The van der Waals surface area contributed by atoms with Crippen LogP contribution >= 0.6 is 10.7 Å². The van der Waals surface area contributed by atoms with Gasteiger partial charge in [0, 0.05) is 93.6 Å².